The van der Waals surface area contributed by atoms with Gasteiger partial charge < -0.3 is 0 Å². The highest BCUT2D eigenvalue weighted by molar-refractivity contribution is 8.13. The molecule has 0 amide bonds. The zero-order chi connectivity index (χ0) is 12.3. The zero-order valence-corrected chi connectivity index (χ0v) is 10.4. The third-order valence-electron chi connectivity index (χ3n) is 2.22. The van der Waals surface area contributed by atoms with Gasteiger partial charge in [0.25, 0.3) is 14.2 Å². The van der Waals surface area contributed by atoms with Crippen LogP contribution in [0.25, 0.3) is 0 Å². The van der Waals surface area contributed by atoms with Crippen molar-refractivity contribution >= 4 is 19.7 Å². The summed E-state index contributed by atoms with van der Waals surface area (Å²) in [6.07, 6.45) is 1.35. The zero-order valence-electron chi connectivity index (χ0n) is 8.80. The molecule has 2 aromatic rings. The van der Waals surface area contributed by atoms with Gasteiger partial charge in [-0.3, -0.25) is 5.10 Å². The Morgan fingerprint density at radius 2 is 1.88 bits per heavy atom. The van der Waals surface area contributed by atoms with Crippen molar-refractivity contribution in [1.29, 1.82) is 0 Å². The monoisotopic (exact) mass is 271 g/mol. The van der Waals surface area contributed by atoms with Gasteiger partial charge >= 0.3 is 0 Å². The predicted molar refractivity (Wildman–Crippen MR) is 63.3 cm³/mol. The molecule has 0 bridgehead atoms. The summed E-state index contributed by atoms with van der Waals surface area (Å²) in [5, 5.41) is 5.73. The number of H-pyrrole nitrogens is 1. The molecule has 0 fully saturated rings. The first-order valence-electron chi connectivity index (χ1n) is 4.95. The van der Waals surface area contributed by atoms with Crippen molar-refractivity contribution in [3.05, 3.63) is 41.7 Å². The van der Waals surface area contributed by atoms with Gasteiger partial charge in [0.2, 0.25) is 0 Å². The van der Waals surface area contributed by atoms with E-state index in [-0.39, 0.29) is 5.16 Å². The standard InChI is InChI=1S/C10H10ClN3O2S/c11-17(15,16)10-12-9(13-14-10)7-6-8-4-2-1-3-5-8/h1-5H,6-7H2,(H,12,13,14). The molecule has 0 aliphatic carbocycles. The Morgan fingerprint density at radius 1 is 1.18 bits per heavy atom. The molecular formula is C10H10ClN3O2S. The van der Waals surface area contributed by atoms with E-state index in [1.54, 1.807) is 0 Å². The number of aryl methyl sites for hydroxylation is 2. The minimum Gasteiger partial charge on any atom is -0.262 e. The predicted octanol–water partition coefficient (Wildman–Crippen LogP) is 1.52. The molecule has 0 aliphatic rings. The lowest BCUT2D eigenvalue weighted by molar-refractivity contribution is 0.601. The number of rotatable bonds is 4. The fourth-order valence-electron chi connectivity index (χ4n) is 1.41. The highest BCUT2D eigenvalue weighted by atomic mass is 35.7. The lowest BCUT2D eigenvalue weighted by Crippen LogP contribution is -1.95. The Balaban J connectivity index is 2.04. The number of nitrogens with one attached hydrogen (secondary N) is 1. The van der Waals surface area contributed by atoms with Gasteiger partial charge in [0.15, 0.2) is 0 Å². The molecule has 1 N–H and O–H groups in total. The first-order valence-corrected chi connectivity index (χ1v) is 7.26. The summed E-state index contributed by atoms with van der Waals surface area (Å²) in [5.74, 6) is 0.507. The maximum atomic E-state index is 10.9. The van der Waals surface area contributed by atoms with Gasteiger partial charge in [-0.15, -0.1) is 5.10 Å². The van der Waals surface area contributed by atoms with Gasteiger partial charge in [-0.05, 0) is 12.0 Å². The van der Waals surface area contributed by atoms with E-state index in [2.05, 4.69) is 15.2 Å². The third kappa shape index (κ3) is 3.28. The second kappa shape index (κ2) is 4.85. The van der Waals surface area contributed by atoms with Crippen molar-refractivity contribution in [3.63, 3.8) is 0 Å². The second-order valence-electron chi connectivity index (χ2n) is 3.49. The van der Waals surface area contributed by atoms with Crippen LogP contribution in [0, 0.1) is 0 Å². The average molecular weight is 272 g/mol. The normalized spacial score (nSPS) is 11.6. The molecule has 0 radical (unpaired) electrons. The molecule has 2 rings (SSSR count). The molecule has 0 saturated heterocycles. The van der Waals surface area contributed by atoms with Gasteiger partial charge in [0.05, 0.1) is 0 Å². The summed E-state index contributed by atoms with van der Waals surface area (Å²) in [6.45, 7) is 0. The summed E-state index contributed by atoms with van der Waals surface area (Å²) < 4.78 is 21.9. The van der Waals surface area contributed by atoms with Gasteiger partial charge in [-0.2, -0.15) is 0 Å². The summed E-state index contributed by atoms with van der Waals surface area (Å²) in [5.41, 5.74) is 1.15. The Bertz CT molecular complexity index is 595. The van der Waals surface area contributed by atoms with Crippen LogP contribution in [0.1, 0.15) is 11.4 Å². The van der Waals surface area contributed by atoms with Crippen molar-refractivity contribution in [1.82, 2.24) is 15.2 Å². The van der Waals surface area contributed by atoms with Crippen LogP contribution >= 0.6 is 10.7 Å². The van der Waals surface area contributed by atoms with E-state index >= 15 is 0 Å². The molecule has 1 aromatic heterocycles. The minimum absolute atomic E-state index is 0.373. The van der Waals surface area contributed by atoms with E-state index in [0.717, 1.165) is 12.0 Å². The van der Waals surface area contributed by atoms with Crippen LogP contribution in [-0.2, 0) is 21.9 Å². The molecular weight excluding hydrogens is 262 g/mol. The second-order valence-corrected chi connectivity index (χ2v) is 5.95. The van der Waals surface area contributed by atoms with Crippen molar-refractivity contribution in [2.75, 3.05) is 0 Å². The molecule has 1 aromatic carbocycles. The lowest BCUT2D eigenvalue weighted by atomic mass is 10.1. The number of benzene rings is 1. The van der Waals surface area contributed by atoms with Crippen molar-refractivity contribution < 1.29 is 8.42 Å². The quantitative estimate of drug-likeness (QED) is 0.856. The van der Waals surface area contributed by atoms with Crippen molar-refractivity contribution in [2.45, 2.75) is 18.0 Å². The summed E-state index contributed by atoms with van der Waals surface area (Å²) in [7, 11) is 1.27. The molecule has 0 aliphatic heterocycles. The lowest BCUT2D eigenvalue weighted by Gasteiger charge is -1.97. The van der Waals surface area contributed by atoms with Gasteiger partial charge in [-0.1, -0.05) is 30.3 Å². The molecule has 90 valence electrons. The highest BCUT2D eigenvalue weighted by Crippen LogP contribution is 2.10. The first-order chi connectivity index (χ1) is 8.05. The van der Waals surface area contributed by atoms with Crippen LogP contribution in [0.2, 0.25) is 0 Å². The summed E-state index contributed by atoms with van der Waals surface area (Å²) in [6, 6.07) is 9.83. The molecule has 5 nitrogen and oxygen atoms in total. The fourth-order valence-corrected chi connectivity index (χ4v) is 1.99. The van der Waals surface area contributed by atoms with E-state index in [4.69, 9.17) is 10.7 Å². The maximum Gasteiger partial charge on any atom is 0.298 e. The van der Waals surface area contributed by atoms with Crippen LogP contribution in [0.4, 0.5) is 0 Å². The van der Waals surface area contributed by atoms with Crippen LogP contribution < -0.4 is 0 Å². The largest absolute Gasteiger partial charge is 0.298 e. The number of hydrogen-bond donors (Lipinski definition) is 1. The molecule has 1 heterocycles. The van der Waals surface area contributed by atoms with Crippen molar-refractivity contribution in [3.8, 4) is 0 Å². The first kappa shape index (κ1) is 12.1. The SMILES string of the molecule is O=S(=O)(Cl)c1n[nH]c(CCc2ccccc2)n1. The fraction of sp³-hybridized carbons (Fsp3) is 0.200. The van der Waals surface area contributed by atoms with E-state index in [1.165, 1.54) is 0 Å². The van der Waals surface area contributed by atoms with E-state index in [1.807, 2.05) is 30.3 Å². The molecule has 7 heteroatoms. The Morgan fingerprint density at radius 3 is 2.47 bits per heavy atom. The number of nitrogens with zero attached hydrogens (tertiary/aromatic N) is 2. The summed E-state index contributed by atoms with van der Waals surface area (Å²) >= 11 is 0. The Labute approximate surface area is 103 Å². The van der Waals surface area contributed by atoms with Gasteiger partial charge in [-0.25, -0.2) is 13.4 Å². The van der Waals surface area contributed by atoms with Gasteiger partial charge in [0, 0.05) is 17.1 Å². The summed E-state index contributed by atoms with van der Waals surface area (Å²) in [4.78, 5) is 3.81. The van der Waals surface area contributed by atoms with Crippen LogP contribution in [0.5, 0.6) is 0 Å². The Kier molecular flexibility index (Phi) is 3.44. The van der Waals surface area contributed by atoms with Crippen LogP contribution in [-0.4, -0.2) is 23.6 Å². The van der Waals surface area contributed by atoms with Gasteiger partial charge in [0.1, 0.15) is 5.82 Å². The van der Waals surface area contributed by atoms with E-state index in [9.17, 15) is 8.42 Å². The molecule has 0 saturated carbocycles. The maximum absolute atomic E-state index is 10.9. The smallest absolute Gasteiger partial charge is 0.262 e. The molecule has 17 heavy (non-hydrogen) atoms. The van der Waals surface area contributed by atoms with Crippen LogP contribution in [0.3, 0.4) is 0 Å². The average Bonchev–Trinajstić information content (AvgIpc) is 2.76. The molecule has 0 unspecified atom stereocenters. The van der Waals surface area contributed by atoms with E-state index in [0.29, 0.717) is 12.2 Å². The Hall–Kier alpha value is -1.40. The third-order valence-corrected chi connectivity index (χ3v) is 3.26. The number of hydrogen-bond acceptors (Lipinski definition) is 4. The minimum atomic E-state index is -3.85. The molecule has 0 atom stereocenters. The van der Waals surface area contributed by atoms with Crippen molar-refractivity contribution in [2.24, 2.45) is 0 Å². The topological polar surface area (TPSA) is 75.7 Å². The van der Waals surface area contributed by atoms with Crippen LogP contribution in [0.15, 0.2) is 35.5 Å². The highest BCUT2D eigenvalue weighted by Gasteiger charge is 2.16. The number of aromatic nitrogens is 3. The van der Waals surface area contributed by atoms with E-state index < -0.39 is 9.05 Å². The number of halogens is 1. The number of aromatic amines is 1. The molecule has 0 spiro atoms.